The lowest BCUT2D eigenvalue weighted by molar-refractivity contribution is -0.137. The molecule has 0 amide bonds. The van der Waals surface area contributed by atoms with Gasteiger partial charge in [0, 0.05) is 6.08 Å². The van der Waals surface area contributed by atoms with E-state index in [-0.39, 0.29) is 11.3 Å². The van der Waals surface area contributed by atoms with Crippen molar-refractivity contribution in [3.8, 4) is 6.07 Å². The third kappa shape index (κ3) is 2.61. The van der Waals surface area contributed by atoms with Gasteiger partial charge in [0.2, 0.25) is 0 Å². The molecule has 0 aliphatic rings. The molecule has 5 heteroatoms. The maximum absolute atomic E-state index is 12.4. The molecule has 1 rings (SSSR count). The Bertz CT molecular complexity index is 501. The van der Waals surface area contributed by atoms with Gasteiger partial charge in [-0.1, -0.05) is 24.3 Å². The molecule has 16 heavy (non-hydrogen) atoms. The molecule has 1 aromatic carbocycles. The van der Waals surface area contributed by atoms with Gasteiger partial charge in [-0.3, -0.25) is 0 Å². The summed E-state index contributed by atoms with van der Waals surface area (Å²) in [6, 6.07) is 4.44. The predicted octanol–water partition coefficient (Wildman–Crippen LogP) is 3.79. The van der Waals surface area contributed by atoms with Crippen molar-refractivity contribution in [2.45, 2.75) is 6.18 Å². The van der Waals surface area contributed by atoms with E-state index >= 15 is 0 Å². The number of benzene rings is 1. The van der Waals surface area contributed by atoms with Crippen LogP contribution >= 0.6 is 0 Å². The molecule has 0 heterocycles. The summed E-state index contributed by atoms with van der Waals surface area (Å²) in [5, 5.41) is 8.28. The molecule has 0 fully saturated rings. The summed E-state index contributed by atoms with van der Waals surface area (Å²) in [6.07, 6.45) is -2.23. The van der Waals surface area contributed by atoms with Crippen molar-refractivity contribution in [2.24, 2.45) is 0 Å². The third-order valence-electron chi connectivity index (χ3n) is 1.81. The van der Waals surface area contributed by atoms with Gasteiger partial charge in [-0.2, -0.15) is 18.4 Å². The van der Waals surface area contributed by atoms with Crippen LogP contribution in [0, 0.1) is 17.9 Å². The summed E-state index contributed by atoms with van der Waals surface area (Å²) >= 11 is 0. The van der Waals surface area contributed by atoms with Crippen LogP contribution in [0.15, 0.2) is 24.3 Å². The van der Waals surface area contributed by atoms with Crippen molar-refractivity contribution >= 4 is 11.8 Å². The highest BCUT2D eigenvalue weighted by atomic mass is 19.4. The van der Waals surface area contributed by atoms with Gasteiger partial charge in [0.1, 0.15) is 0 Å². The number of hydrogen-bond acceptors (Lipinski definition) is 1. The largest absolute Gasteiger partial charge is 0.416 e. The van der Waals surface area contributed by atoms with Crippen LogP contribution < -0.4 is 0 Å². The highest BCUT2D eigenvalue weighted by molar-refractivity contribution is 5.69. The van der Waals surface area contributed by atoms with E-state index in [1.165, 1.54) is 6.08 Å². The van der Waals surface area contributed by atoms with Crippen molar-refractivity contribution < 1.29 is 13.2 Å². The van der Waals surface area contributed by atoms with Crippen molar-refractivity contribution in [1.29, 1.82) is 5.26 Å². The molecule has 0 unspecified atom stereocenters. The van der Waals surface area contributed by atoms with Gasteiger partial charge in [0.05, 0.1) is 18.2 Å². The van der Waals surface area contributed by atoms with E-state index in [2.05, 4.69) is 4.85 Å². The summed E-state index contributed by atoms with van der Waals surface area (Å²) in [7, 11) is 0. The Kier molecular flexibility index (Phi) is 3.32. The zero-order valence-electron chi connectivity index (χ0n) is 7.92. The lowest BCUT2D eigenvalue weighted by Crippen LogP contribution is -2.04. The SMILES string of the molecule is [C-]#[N+]c1ccc(C(F)(F)F)cc1C=CC#N. The number of hydrogen-bond donors (Lipinski definition) is 0. The first-order valence-corrected chi connectivity index (χ1v) is 4.14. The molecule has 0 N–H and O–H groups in total. The minimum atomic E-state index is -4.45. The fraction of sp³-hybridized carbons (Fsp3) is 0.0909. The molecule has 0 aliphatic carbocycles. The van der Waals surface area contributed by atoms with E-state index < -0.39 is 11.7 Å². The van der Waals surface area contributed by atoms with Crippen molar-refractivity contribution in [2.75, 3.05) is 0 Å². The number of halogens is 3. The van der Waals surface area contributed by atoms with Gasteiger partial charge in [0.15, 0.2) is 5.69 Å². The van der Waals surface area contributed by atoms with Gasteiger partial charge < -0.3 is 0 Å². The first kappa shape index (κ1) is 11.8. The molecule has 1 aromatic rings. The Hall–Kier alpha value is -2.27. The highest BCUT2D eigenvalue weighted by Crippen LogP contribution is 2.33. The molecule has 0 spiro atoms. The standard InChI is InChI=1S/C11H5F3N2/c1-16-10-5-4-9(11(12,13)14)7-8(10)3-2-6-15/h2-5,7H. The fourth-order valence-electron chi connectivity index (χ4n) is 1.09. The predicted molar refractivity (Wildman–Crippen MR) is 52.4 cm³/mol. The Morgan fingerprint density at radius 1 is 1.38 bits per heavy atom. The first-order chi connectivity index (χ1) is 7.49. The van der Waals surface area contributed by atoms with E-state index in [1.807, 2.05) is 0 Å². The van der Waals surface area contributed by atoms with Crippen LogP contribution in [0.3, 0.4) is 0 Å². The molecule has 80 valence electrons. The highest BCUT2D eigenvalue weighted by Gasteiger charge is 2.30. The number of allylic oxidation sites excluding steroid dienone is 1. The maximum Gasteiger partial charge on any atom is 0.416 e. The van der Waals surface area contributed by atoms with Crippen LogP contribution in [0.4, 0.5) is 18.9 Å². The van der Waals surface area contributed by atoms with Gasteiger partial charge >= 0.3 is 6.18 Å². The number of nitrogens with zero attached hydrogens (tertiary/aromatic N) is 2. The van der Waals surface area contributed by atoms with Crippen LogP contribution in [0.2, 0.25) is 0 Å². The summed E-state index contributed by atoms with van der Waals surface area (Å²) in [5.74, 6) is 0. The average molecular weight is 222 g/mol. The molecule has 2 nitrogen and oxygen atoms in total. The van der Waals surface area contributed by atoms with Gasteiger partial charge in [0.25, 0.3) is 0 Å². The normalized spacial score (nSPS) is 11.1. The zero-order chi connectivity index (χ0) is 12.2. The quantitative estimate of drug-likeness (QED) is 0.524. The molecule has 0 saturated heterocycles. The van der Waals surface area contributed by atoms with E-state index in [0.717, 1.165) is 24.3 Å². The topological polar surface area (TPSA) is 28.1 Å². The molecular weight excluding hydrogens is 217 g/mol. The number of alkyl halides is 3. The minimum Gasteiger partial charge on any atom is -0.238 e. The van der Waals surface area contributed by atoms with Crippen molar-refractivity contribution in [3.05, 3.63) is 46.8 Å². The summed E-state index contributed by atoms with van der Waals surface area (Å²) in [4.78, 5) is 3.07. The van der Waals surface area contributed by atoms with E-state index in [4.69, 9.17) is 11.8 Å². The molecule has 0 aliphatic heterocycles. The monoisotopic (exact) mass is 222 g/mol. The van der Waals surface area contributed by atoms with E-state index in [1.54, 1.807) is 6.07 Å². The lowest BCUT2D eigenvalue weighted by atomic mass is 10.1. The van der Waals surface area contributed by atoms with Crippen LogP contribution in [-0.2, 0) is 6.18 Å². The number of rotatable bonds is 1. The smallest absolute Gasteiger partial charge is 0.238 e. The second kappa shape index (κ2) is 4.50. The van der Waals surface area contributed by atoms with E-state index in [9.17, 15) is 13.2 Å². The Morgan fingerprint density at radius 2 is 2.06 bits per heavy atom. The molecular formula is C11H5F3N2. The van der Waals surface area contributed by atoms with Crippen LogP contribution in [-0.4, -0.2) is 0 Å². The Balaban J connectivity index is 3.30. The number of nitriles is 1. The zero-order valence-corrected chi connectivity index (χ0v) is 7.92. The lowest BCUT2D eigenvalue weighted by Gasteiger charge is -2.07. The molecule has 0 aromatic heterocycles. The van der Waals surface area contributed by atoms with Crippen LogP contribution in [0.1, 0.15) is 11.1 Å². The molecule has 0 radical (unpaired) electrons. The van der Waals surface area contributed by atoms with Gasteiger partial charge in [-0.25, -0.2) is 4.85 Å². The van der Waals surface area contributed by atoms with Crippen LogP contribution in [0.25, 0.3) is 10.9 Å². The Labute approximate surface area is 90.1 Å². The molecule has 0 atom stereocenters. The Morgan fingerprint density at radius 3 is 2.56 bits per heavy atom. The third-order valence-corrected chi connectivity index (χ3v) is 1.81. The summed E-state index contributed by atoms with van der Waals surface area (Å²) in [6.45, 7) is 6.77. The van der Waals surface area contributed by atoms with Gasteiger partial charge in [-0.15, -0.1) is 0 Å². The maximum atomic E-state index is 12.4. The second-order valence-electron chi connectivity index (χ2n) is 2.85. The van der Waals surface area contributed by atoms with Gasteiger partial charge in [-0.05, 0) is 5.56 Å². The summed E-state index contributed by atoms with van der Waals surface area (Å²) in [5.41, 5.74) is -0.664. The second-order valence-corrected chi connectivity index (χ2v) is 2.85. The van der Waals surface area contributed by atoms with Crippen LogP contribution in [0.5, 0.6) is 0 Å². The molecule has 0 saturated carbocycles. The molecule has 0 bridgehead atoms. The van der Waals surface area contributed by atoms with Crippen molar-refractivity contribution in [1.82, 2.24) is 0 Å². The summed E-state index contributed by atoms with van der Waals surface area (Å²) < 4.78 is 37.1. The minimum absolute atomic E-state index is 0.0829. The average Bonchev–Trinajstić information content (AvgIpc) is 2.24. The van der Waals surface area contributed by atoms with Crippen molar-refractivity contribution in [3.63, 3.8) is 0 Å². The van der Waals surface area contributed by atoms with E-state index in [0.29, 0.717) is 0 Å². The fourth-order valence-corrected chi connectivity index (χ4v) is 1.09. The first-order valence-electron chi connectivity index (χ1n) is 4.14.